The Hall–Kier alpha value is -2.34. The molecule has 1 heterocycles. The van der Waals surface area contributed by atoms with Gasteiger partial charge in [-0.1, -0.05) is 17.7 Å². The summed E-state index contributed by atoms with van der Waals surface area (Å²) in [4.78, 5) is 7.44. The molecule has 0 bridgehead atoms. The number of nitrogens with one attached hydrogen (secondary N) is 1. The van der Waals surface area contributed by atoms with Crippen molar-refractivity contribution in [1.29, 1.82) is 0 Å². The number of aryl methyl sites for hydroxylation is 2. The average Bonchev–Trinajstić information content (AvgIpc) is 2.78. The van der Waals surface area contributed by atoms with Crippen molar-refractivity contribution in [3.8, 4) is 5.75 Å². The summed E-state index contributed by atoms with van der Waals surface area (Å²) < 4.78 is 29.6. The van der Waals surface area contributed by atoms with E-state index in [1.54, 1.807) is 30.3 Å². The molecule has 0 radical (unpaired) electrons. The summed E-state index contributed by atoms with van der Waals surface area (Å²) >= 11 is 0. The molecule has 6 heteroatoms. The van der Waals surface area contributed by atoms with Crippen LogP contribution >= 0.6 is 0 Å². The number of imidazole rings is 1. The molecule has 0 saturated carbocycles. The van der Waals surface area contributed by atoms with Crippen molar-refractivity contribution in [2.75, 3.05) is 0 Å². The number of fused-ring (bicyclic) bond motifs is 1. The Balaban J connectivity index is 1.94. The monoisotopic (exact) mass is 302 g/mol. The minimum atomic E-state index is -3.83. The van der Waals surface area contributed by atoms with Crippen molar-refractivity contribution >= 4 is 21.2 Å². The van der Waals surface area contributed by atoms with Crippen LogP contribution in [-0.4, -0.2) is 18.4 Å². The fourth-order valence-electron chi connectivity index (χ4n) is 2.05. The van der Waals surface area contributed by atoms with Crippen molar-refractivity contribution in [2.24, 2.45) is 0 Å². The van der Waals surface area contributed by atoms with Crippen LogP contribution in [0.2, 0.25) is 0 Å². The summed E-state index contributed by atoms with van der Waals surface area (Å²) in [5.41, 5.74) is 2.50. The summed E-state index contributed by atoms with van der Waals surface area (Å²) in [5, 5.41) is 0. The van der Waals surface area contributed by atoms with Crippen LogP contribution in [0.3, 0.4) is 0 Å². The van der Waals surface area contributed by atoms with Gasteiger partial charge in [-0.25, -0.2) is 4.98 Å². The number of rotatable bonds is 3. The molecule has 0 fully saturated rings. The van der Waals surface area contributed by atoms with Gasteiger partial charge in [-0.15, -0.1) is 0 Å². The highest BCUT2D eigenvalue weighted by Crippen LogP contribution is 2.23. The number of H-pyrrole nitrogens is 1. The van der Waals surface area contributed by atoms with Gasteiger partial charge in [0.2, 0.25) is 0 Å². The molecule has 0 aliphatic rings. The van der Waals surface area contributed by atoms with Crippen molar-refractivity contribution < 1.29 is 12.6 Å². The van der Waals surface area contributed by atoms with E-state index in [-0.39, 0.29) is 10.6 Å². The van der Waals surface area contributed by atoms with Gasteiger partial charge in [0, 0.05) is 6.07 Å². The number of hydrogen-bond acceptors (Lipinski definition) is 4. The topological polar surface area (TPSA) is 72.1 Å². The highest BCUT2D eigenvalue weighted by molar-refractivity contribution is 7.87. The van der Waals surface area contributed by atoms with E-state index in [1.807, 2.05) is 13.8 Å². The first kappa shape index (κ1) is 13.6. The summed E-state index contributed by atoms with van der Waals surface area (Å²) in [5.74, 6) is 1.02. The Kier molecular flexibility index (Phi) is 3.17. The molecule has 0 aliphatic heterocycles. The maximum atomic E-state index is 12.2. The first-order valence-corrected chi connectivity index (χ1v) is 7.82. The Bertz CT molecular complexity index is 896. The van der Waals surface area contributed by atoms with Crippen LogP contribution in [0.5, 0.6) is 5.75 Å². The molecule has 21 heavy (non-hydrogen) atoms. The van der Waals surface area contributed by atoms with Crippen LogP contribution in [-0.2, 0) is 10.1 Å². The third kappa shape index (κ3) is 2.75. The van der Waals surface area contributed by atoms with Crippen LogP contribution in [0.4, 0.5) is 0 Å². The van der Waals surface area contributed by atoms with Gasteiger partial charge in [-0.3, -0.25) is 0 Å². The summed E-state index contributed by atoms with van der Waals surface area (Å²) in [6.45, 7) is 3.73. The normalized spacial score (nSPS) is 11.7. The summed E-state index contributed by atoms with van der Waals surface area (Å²) in [6.07, 6.45) is 0. The fourth-order valence-corrected chi connectivity index (χ4v) is 2.97. The van der Waals surface area contributed by atoms with Gasteiger partial charge in [0.25, 0.3) is 0 Å². The SMILES string of the molecule is Cc1ccc(S(=O)(=O)Oc2ccc3nc(C)[nH]c3c2)cc1. The van der Waals surface area contributed by atoms with Crippen LogP contribution in [0, 0.1) is 13.8 Å². The zero-order chi connectivity index (χ0) is 15.0. The molecule has 3 aromatic rings. The lowest BCUT2D eigenvalue weighted by molar-refractivity contribution is 0.486. The number of benzene rings is 2. The molecule has 3 rings (SSSR count). The van der Waals surface area contributed by atoms with Gasteiger partial charge in [-0.2, -0.15) is 8.42 Å². The highest BCUT2D eigenvalue weighted by atomic mass is 32.2. The van der Waals surface area contributed by atoms with E-state index in [2.05, 4.69) is 9.97 Å². The lowest BCUT2D eigenvalue weighted by atomic mass is 10.2. The largest absolute Gasteiger partial charge is 0.379 e. The van der Waals surface area contributed by atoms with E-state index in [9.17, 15) is 8.42 Å². The quantitative estimate of drug-likeness (QED) is 0.755. The van der Waals surface area contributed by atoms with E-state index >= 15 is 0 Å². The minimum absolute atomic E-state index is 0.133. The molecule has 2 aromatic carbocycles. The molecule has 0 unspecified atom stereocenters. The molecular formula is C15H14N2O3S. The van der Waals surface area contributed by atoms with Crippen molar-refractivity contribution in [3.05, 3.63) is 53.9 Å². The average molecular weight is 302 g/mol. The predicted molar refractivity (Wildman–Crippen MR) is 79.8 cm³/mol. The van der Waals surface area contributed by atoms with Crippen LogP contribution in [0.15, 0.2) is 47.4 Å². The lowest BCUT2D eigenvalue weighted by Crippen LogP contribution is -2.09. The maximum Gasteiger partial charge on any atom is 0.339 e. The fraction of sp³-hybridized carbons (Fsp3) is 0.133. The number of aromatic nitrogens is 2. The van der Waals surface area contributed by atoms with E-state index in [0.717, 1.165) is 22.4 Å². The molecule has 0 atom stereocenters. The Morgan fingerprint density at radius 1 is 1.05 bits per heavy atom. The van der Waals surface area contributed by atoms with Gasteiger partial charge in [0.15, 0.2) is 0 Å². The minimum Gasteiger partial charge on any atom is -0.379 e. The molecule has 1 N–H and O–H groups in total. The number of hydrogen-bond donors (Lipinski definition) is 1. The summed E-state index contributed by atoms with van der Waals surface area (Å²) in [7, 11) is -3.83. The third-order valence-corrected chi connectivity index (χ3v) is 4.35. The zero-order valence-corrected chi connectivity index (χ0v) is 12.4. The van der Waals surface area contributed by atoms with Gasteiger partial charge in [-0.05, 0) is 38.1 Å². The maximum absolute atomic E-state index is 12.2. The molecular weight excluding hydrogens is 288 g/mol. The van der Waals surface area contributed by atoms with E-state index in [0.29, 0.717) is 0 Å². The highest BCUT2D eigenvalue weighted by Gasteiger charge is 2.16. The Morgan fingerprint density at radius 3 is 2.48 bits per heavy atom. The molecule has 108 valence electrons. The second-order valence-electron chi connectivity index (χ2n) is 4.85. The molecule has 0 spiro atoms. The van der Waals surface area contributed by atoms with Gasteiger partial charge in [0.1, 0.15) is 16.5 Å². The third-order valence-electron chi connectivity index (χ3n) is 3.09. The van der Waals surface area contributed by atoms with Crippen molar-refractivity contribution in [3.63, 3.8) is 0 Å². The lowest BCUT2D eigenvalue weighted by Gasteiger charge is -2.07. The standard InChI is InChI=1S/C15H14N2O3S/c1-10-3-6-13(7-4-10)21(18,19)20-12-5-8-14-15(9-12)17-11(2)16-14/h3-9H,1-2H3,(H,16,17). The van der Waals surface area contributed by atoms with Crippen LogP contribution < -0.4 is 4.18 Å². The first-order valence-electron chi connectivity index (χ1n) is 6.41. The molecule has 0 aliphatic carbocycles. The van der Waals surface area contributed by atoms with Crippen molar-refractivity contribution in [2.45, 2.75) is 18.7 Å². The second-order valence-corrected chi connectivity index (χ2v) is 6.40. The smallest absolute Gasteiger partial charge is 0.339 e. The Labute approximate surface area is 122 Å². The van der Waals surface area contributed by atoms with Crippen LogP contribution in [0.1, 0.15) is 11.4 Å². The van der Waals surface area contributed by atoms with E-state index in [4.69, 9.17) is 4.18 Å². The molecule has 0 saturated heterocycles. The molecule has 5 nitrogen and oxygen atoms in total. The van der Waals surface area contributed by atoms with Gasteiger partial charge >= 0.3 is 10.1 Å². The predicted octanol–water partition coefficient (Wildman–Crippen LogP) is 2.95. The summed E-state index contributed by atoms with van der Waals surface area (Å²) in [6, 6.07) is 11.5. The molecule has 1 aromatic heterocycles. The first-order chi connectivity index (χ1) is 9.94. The molecule has 0 amide bonds. The second kappa shape index (κ2) is 4.89. The number of aromatic amines is 1. The zero-order valence-electron chi connectivity index (χ0n) is 11.6. The van der Waals surface area contributed by atoms with Crippen molar-refractivity contribution in [1.82, 2.24) is 9.97 Å². The van der Waals surface area contributed by atoms with E-state index in [1.165, 1.54) is 12.1 Å². The Morgan fingerprint density at radius 2 is 1.76 bits per heavy atom. The van der Waals surface area contributed by atoms with Gasteiger partial charge in [0.05, 0.1) is 11.0 Å². The van der Waals surface area contributed by atoms with Gasteiger partial charge < -0.3 is 9.17 Å². The van der Waals surface area contributed by atoms with E-state index < -0.39 is 10.1 Å². The number of nitrogens with zero attached hydrogens (tertiary/aromatic N) is 1. The van der Waals surface area contributed by atoms with Crippen LogP contribution in [0.25, 0.3) is 11.0 Å².